The predicted molar refractivity (Wildman–Crippen MR) is 59.7 cm³/mol. The van der Waals surface area contributed by atoms with Crippen molar-refractivity contribution < 1.29 is 4.79 Å². The maximum absolute atomic E-state index is 11.8. The minimum atomic E-state index is 0.0727. The van der Waals surface area contributed by atoms with Crippen molar-refractivity contribution in [3.8, 4) is 0 Å². The Kier molecular flexibility index (Phi) is 4.49. The van der Waals surface area contributed by atoms with Gasteiger partial charge in [-0.1, -0.05) is 6.92 Å². The second-order valence-corrected chi connectivity index (χ2v) is 3.88. The standard InChI is InChI=1S/C11H19N3O/c1-3-7-14-8-6-13-11(14)10(15)5-4-9(2)12/h6,8-9H,3-5,7,12H2,1-2H3. The van der Waals surface area contributed by atoms with E-state index in [0.717, 1.165) is 19.4 Å². The molecule has 84 valence electrons. The van der Waals surface area contributed by atoms with Gasteiger partial charge in [-0.25, -0.2) is 4.98 Å². The quantitative estimate of drug-likeness (QED) is 0.724. The molecule has 0 aliphatic rings. The first-order valence-corrected chi connectivity index (χ1v) is 5.45. The fourth-order valence-corrected chi connectivity index (χ4v) is 1.45. The van der Waals surface area contributed by atoms with Gasteiger partial charge in [0.1, 0.15) is 0 Å². The second-order valence-electron chi connectivity index (χ2n) is 3.88. The molecule has 15 heavy (non-hydrogen) atoms. The van der Waals surface area contributed by atoms with Crippen LogP contribution in [-0.4, -0.2) is 21.4 Å². The van der Waals surface area contributed by atoms with E-state index in [2.05, 4.69) is 11.9 Å². The number of ketones is 1. The highest BCUT2D eigenvalue weighted by atomic mass is 16.1. The first kappa shape index (κ1) is 11.9. The fourth-order valence-electron chi connectivity index (χ4n) is 1.45. The fraction of sp³-hybridized carbons (Fsp3) is 0.636. The lowest BCUT2D eigenvalue weighted by Gasteiger charge is -2.06. The van der Waals surface area contributed by atoms with E-state index in [1.807, 2.05) is 17.7 Å². The molecule has 4 nitrogen and oxygen atoms in total. The van der Waals surface area contributed by atoms with Gasteiger partial charge in [0.05, 0.1) is 0 Å². The topological polar surface area (TPSA) is 60.9 Å². The molecule has 1 atom stereocenters. The third-order valence-electron chi connectivity index (χ3n) is 2.26. The summed E-state index contributed by atoms with van der Waals surface area (Å²) in [6, 6.07) is 0.0727. The van der Waals surface area contributed by atoms with Crippen molar-refractivity contribution in [3.63, 3.8) is 0 Å². The van der Waals surface area contributed by atoms with E-state index in [9.17, 15) is 4.79 Å². The summed E-state index contributed by atoms with van der Waals surface area (Å²) in [4.78, 5) is 15.9. The Labute approximate surface area is 90.5 Å². The van der Waals surface area contributed by atoms with E-state index in [1.165, 1.54) is 0 Å². The van der Waals surface area contributed by atoms with Crippen molar-refractivity contribution in [2.24, 2.45) is 5.73 Å². The molecule has 0 saturated heterocycles. The summed E-state index contributed by atoms with van der Waals surface area (Å²) in [6.45, 7) is 4.83. The maximum atomic E-state index is 11.8. The molecule has 4 heteroatoms. The molecular formula is C11H19N3O. The number of nitrogens with two attached hydrogens (primary N) is 1. The van der Waals surface area contributed by atoms with Crippen LogP contribution < -0.4 is 5.73 Å². The van der Waals surface area contributed by atoms with Gasteiger partial charge < -0.3 is 10.3 Å². The number of rotatable bonds is 6. The number of carbonyl (C=O) groups is 1. The average Bonchev–Trinajstić information content (AvgIpc) is 2.63. The molecule has 2 N–H and O–H groups in total. The zero-order chi connectivity index (χ0) is 11.3. The molecule has 0 bridgehead atoms. The van der Waals surface area contributed by atoms with Crippen LogP contribution in [-0.2, 0) is 6.54 Å². The molecule has 0 spiro atoms. The van der Waals surface area contributed by atoms with Crippen LogP contribution >= 0.6 is 0 Å². The van der Waals surface area contributed by atoms with Crippen molar-refractivity contribution >= 4 is 5.78 Å². The van der Waals surface area contributed by atoms with Gasteiger partial charge in [0.25, 0.3) is 0 Å². The molecule has 1 unspecified atom stereocenters. The van der Waals surface area contributed by atoms with Crippen LogP contribution in [0.3, 0.4) is 0 Å². The normalized spacial score (nSPS) is 12.7. The Balaban J connectivity index is 2.60. The van der Waals surface area contributed by atoms with Gasteiger partial charge in [0.2, 0.25) is 0 Å². The minimum Gasteiger partial charge on any atom is -0.329 e. The zero-order valence-corrected chi connectivity index (χ0v) is 9.44. The van der Waals surface area contributed by atoms with Crippen LogP contribution in [0.15, 0.2) is 12.4 Å². The molecule has 0 aliphatic heterocycles. The Hall–Kier alpha value is -1.16. The number of Topliss-reactive ketones (excluding diaryl/α,β-unsaturated/α-hetero) is 1. The first-order chi connectivity index (χ1) is 7.15. The first-order valence-electron chi connectivity index (χ1n) is 5.45. The van der Waals surface area contributed by atoms with Crippen molar-refractivity contribution in [2.75, 3.05) is 0 Å². The van der Waals surface area contributed by atoms with Gasteiger partial charge in [-0.2, -0.15) is 0 Å². The average molecular weight is 209 g/mol. The van der Waals surface area contributed by atoms with Gasteiger partial charge in [-0.05, 0) is 19.8 Å². The summed E-state index contributed by atoms with van der Waals surface area (Å²) in [7, 11) is 0. The summed E-state index contributed by atoms with van der Waals surface area (Å²) in [5, 5.41) is 0. The lowest BCUT2D eigenvalue weighted by Crippen LogP contribution is -2.18. The monoisotopic (exact) mass is 209 g/mol. The highest BCUT2D eigenvalue weighted by molar-refractivity contribution is 5.92. The van der Waals surface area contributed by atoms with E-state index in [-0.39, 0.29) is 11.8 Å². The smallest absolute Gasteiger partial charge is 0.198 e. The summed E-state index contributed by atoms with van der Waals surface area (Å²) in [5.41, 5.74) is 5.61. The minimum absolute atomic E-state index is 0.0727. The number of nitrogens with zero attached hydrogens (tertiary/aromatic N) is 2. The van der Waals surface area contributed by atoms with Gasteiger partial charge >= 0.3 is 0 Å². The molecule has 1 aromatic heterocycles. The van der Waals surface area contributed by atoms with E-state index in [4.69, 9.17) is 5.73 Å². The highest BCUT2D eigenvalue weighted by Crippen LogP contribution is 2.06. The van der Waals surface area contributed by atoms with E-state index in [1.54, 1.807) is 6.20 Å². The third-order valence-corrected chi connectivity index (χ3v) is 2.26. The molecule has 0 amide bonds. The van der Waals surface area contributed by atoms with Crippen molar-refractivity contribution in [1.82, 2.24) is 9.55 Å². The molecule has 0 aromatic carbocycles. The van der Waals surface area contributed by atoms with Crippen molar-refractivity contribution in [1.29, 1.82) is 0 Å². The van der Waals surface area contributed by atoms with Gasteiger partial charge in [-0.3, -0.25) is 4.79 Å². The molecular weight excluding hydrogens is 190 g/mol. The molecule has 1 heterocycles. The maximum Gasteiger partial charge on any atom is 0.198 e. The van der Waals surface area contributed by atoms with Crippen molar-refractivity contribution in [3.05, 3.63) is 18.2 Å². The lowest BCUT2D eigenvalue weighted by molar-refractivity contribution is 0.0963. The van der Waals surface area contributed by atoms with E-state index < -0.39 is 0 Å². The Morgan fingerprint density at radius 1 is 1.67 bits per heavy atom. The summed E-state index contributed by atoms with van der Waals surface area (Å²) in [6.07, 6.45) is 5.73. The summed E-state index contributed by atoms with van der Waals surface area (Å²) < 4.78 is 1.91. The largest absolute Gasteiger partial charge is 0.329 e. The Morgan fingerprint density at radius 3 is 3.00 bits per heavy atom. The number of aromatic nitrogens is 2. The van der Waals surface area contributed by atoms with Crippen LogP contribution in [0.25, 0.3) is 0 Å². The van der Waals surface area contributed by atoms with Crippen LogP contribution in [0.2, 0.25) is 0 Å². The highest BCUT2D eigenvalue weighted by Gasteiger charge is 2.12. The summed E-state index contributed by atoms with van der Waals surface area (Å²) >= 11 is 0. The van der Waals surface area contributed by atoms with Crippen molar-refractivity contribution in [2.45, 2.75) is 45.7 Å². The zero-order valence-electron chi connectivity index (χ0n) is 9.44. The molecule has 0 aliphatic carbocycles. The predicted octanol–water partition coefficient (Wildman–Crippen LogP) is 1.60. The van der Waals surface area contributed by atoms with E-state index in [0.29, 0.717) is 12.2 Å². The van der Waals surface area contributed by atoms with Gasteiger partial charge in [0.15, 0.2) is 11.6 Å². The molecule has 1 aromatic rings. The van der Waals surface area contributed by atoms with E-state index >= 15 is 0 Å². The number of imidazole rings is 1. The lowest BCUT2D eigenvalue weighted by atomic mass is 10.1. The number of carbonyl (C=O) groups excluding carboxylic acids is 1. The third kappa shape index (κ3) is 3.47. The van der Waals surface area contributed by atoms with Gasteiger partial charge in [0, 0.05) is 31.4 Å². The van der Waals surface area contributed by atoms with Crippen LogP contribution in [0.4, 0.5) is 0 Å². The second kappa shape index (κ2) is 5.66. The number of aryl methyl sites for hydroxylation is 1. The SMILES string of the molecule is CCCn1ccnc1C(=O)CCC(C)N. The molecule has 1 rings (SSSR count). The Morgan fingerprint density at radius 2 is 2.40 bits per heavy atom. The van der Waals surface area contributed by atoms with Crippen LogP contribution in [0.5, 0.6) is 0 Å². The number of hydrogen-bond donors (Lipinski definition) is 1. The van der Waals surface area contributed by atoms with Crippen LogP contribution in [0.1, 0.15) is 43.7 Å². The number of hydrogen-bond acceptors (Lipinski definition) is 3. The Bertz CT molecular complexity index is 317. The molecule has 0 radical (unpaired) electrons. The van der Waals surface area contributed by atoms with Gasteiger partial charge in [-0.15, -0.1) is 0 Å². The molecule has 0 saturated carbocycles. The van der Waals surface area contributed by atoms with Crippen LogP contribution in [0, 0.1) is 0 Å². The molecule has 0 fully saturated rings. The summed E-state index contributed by atoms with van der Waals surface area (Å²) in [5.74, 6) is 0.656.